The zero-order valence-corrected chi connectivity index (χ0v) is 13.2. The van der Waals surface area contributed by atoms with Gasteiger partial charge >= 0.3 is 5.97 Å². The van der Waals surface area contributed by atoms with Gasteiger partial charge in [0.1, 0.15) is 17.9 Å². The number of carboxylic acids is 1. The normalized spacial score (nSPS) is 11.1. The van der Waals surface area contributed by atoms with Crippen LogP contribution < -0.4 is 4.74 Å². The first-order chi connectivity index (χ1) is 10.0. The Balaban J connectivity index is 2.48. The van der Waals surface area contributed by atoms with Gasteiger partial charge in [-0.15, -0.1) is 0 Å². The van der Waals surface area contributed by atoms with Crippen molar-refractivity contribution in [2.75, 3.05) is 46.9 Å². The summed E-state index contributed by atoms with van der Waals surface area (Å²) < 4.78 is 5.65. The summed E-state index contributed by atoms with van der Waals surface area (Å²) in [5, 5.41) is 9.11. The molecule has 0 aliphatic rings. The highest BCUT2D eigenvalue weighted by molar-refractivity contribution is 5.90. The van der Waals surface area contributed by atoms with E-state index < -0.39 is 5.97 Å². The Kier molecular flexibility index (Phi) is 7.79. The summed E-state index contributed by atoms with van der Waals surface area (Å²) in [6, 6.07) is 6.76. The summed E-state index contributed by atoms with van der Waals surface area (Å²) in [6.07, 6.45) is 1.10. The summed E-state index contributed by atoms with van der Waals surface area (Å²) in [5.41, 5.74) is 0.216. The van der Waals surface area contributed by atoms with E-state index in [1.807, 2.05) is 0 Å². The lowest BCUT2D eigenvalue weighted by Crippen LogP contribution is -2.35. The zero-order valence-electron chi connectivity index (χ0n) is 13.2. The highest BCUT2D eigenvalue weighted by atomic mass is 16.5. The Hall–Kier alpha value is -1.59. The molecule has 0 saturated carbocycles. The number of likely N-dealkylation sites (N-methyl/N-ethyl adjacent to an activating group) is 1. The van der Waals surface area contributed by atoms with Crippen molar-refractivity contribution in [2.45, 2.75) is 13.3 Å². The number of carboxylic acid groups (broad SMARTS) is 1. The van der Waals surface area contributed by atoms with Crippen LogP contribution in [0.3, 0.4) is 0 Å². The average Bonchev–Trinajstić information content (AvgIpc) is 2.45. The SMILES string of the molecule is CCCN(CCOc1ccccc1C(=O)O)CCN(C)C. The molecule has 1 aromatic carbocycles. The molecule has 0 aliphatic heterocycles. The fraction of sp³-hybridized carbons (Fsp3) is 0.562. The van der Waals surface area contributed by atoms with E-state index in [1.165, 1.54) is 0 Å². The van der Waals surface area contributed by atoms with Crippen LogP contribution in [0, 0.1) is 0 Å². The molecule has 1 aromatic rings. The monoisotopic (exact) mass is 294 g/mol. The molecule has 0 spiro atoms. The summed E-state index contributed by atoms with van der Waals surface area (Å²) >= 11 is 0. The van der Waals surface area contributed by atoms with Gasteiger partial charge in [0.05, 0.1) is 0 Å². The summed E-state index contributed by atoms with van der Waals surface area (Å²) in [6.45, 7) is 6.48. The smallest absolute Gasteiger partial charge is 0.339 e. The first-order valence-electron chi connectivity index (χ1n) is 7.36. The van der Waals surface area contributed by atoms with E-state index >= 15 is 0 Å². The predicted molar refractivity (Wildman–Crippen MR) is 84.2 cm³/mol. The zero-order chi connectivity index (χ0) is 15.7. The molecule has 0 atom stereocenters. The molecule has 0 aliphatic carbocycles. The molecular weight excluding hydrogens is 268 g/mol. The predicted octanol–water partition coefficient (Wildman–Crippen LogP) is 2.04. The van der Waals surface area contributed by atoms with Crippen LogP contribution in [0.25, 0.3) is 0 Å². The second-order valence-corrected chi connectivity index (χ2v) is 5.29. The molecule has 0 aromatic heterocycles. The minimum absolute atomic E-state index is 0.216. The number of rotatable bonds is 10. The molecular formula is C16H26N2O3. The van der Waals surface area contributed by atoms with Crippen LogP contribution >= 0.6 is 0 Å². The van der Waals surface area contributed by atoms with Gasteiger partial charge in [0.25, 0.3) is 0 Å². The lowest BCUT2D eigenvalue weighted by Gasteiger charge is -2.23. The largest absolute Gasteiger partial charge is 0.491 e. The second-order valence-electron chi connectivity index (χ2n) is 5.29. The van der Waals surface area contributed by atoms with E-state index in [-0.39, 0.29) is 5.56 Å². The van der Waals surface area contributed by atoms with E-state index in [2.05, 4.69) is 30.8 Å². The third-order valence-electron chi connectivity index (χ3n) is 3.19. The fourth-order valence-electron chi connectivity index (χ4n) is 2.05. The van der Waals surface area contributed by atoms with Gasteiger partial charge in [-0.1, -0.05) is 19.1 Å². The number of ether oxygens (including phenoxy) is 1. The second kappa shape index (κ2) is 9.37. The van der Waals surface area contributed by atoms with Gasteiger partial charge < -0.3 is 14.7 Å². The molecule has 0 bridgehead atoms. The van der Waals surface area contributed by atoms with E-state index in [0.717, 1.165) is 32.6 Å². The maximum atomic E-state index is 11.1. The van der Waals surface area contributed by atoms with Crippen molar-refractivity contribution < 1.29 is 14.6 Å². The molecule has 0 saturated heterocycles. The number of nitrogens with zero attached hydrogens (tertiary/aromatic N) is 2. The molecule has 0 heterocycles. The van der Waals surface area contributed by atoms with Crippen molar-refractivity contribution in [3.05, 3.63) is 29.8 Å². The molecule has 1 N–H and O–H groups in total. The van der Waals surface area contributed by atoms with E-state index in [4.69, 9.17) is 9.84 Å². The van der Waals surface area contributed by atoms with Gasteiger partial charge in [0.15, 0.2) is 0 Å². The van der Waals surface area contributed by atoms with Gasteiger partial charge in [0, 0.05) is 19.6 Å². The van der Waals surface area contributed by atoms with Crippen molar-refractivity contribution in [3.8, 4) is 5.75 Å². The Bertz CT molecular complexity index is 435. The van der Waals surface area contributed by atoms with Crippen molar-refractivity contribution in [2.24, 2.45) is 0 Å². The first kappa shape index (κ1) is 17.5. The Morgan fingerprint density at radius 1 is 1.14 bits per heavy atom. The summed E-state index contributed by atoms with van der Waals surface area (Å²) in [4.78, 5) is 15.6. The number of carbonyl (C=O) groups is 1. The minimum atomic E-state index is -0.955. The Labute approximate surface area is 127 Å². The molecule has 5 heteroatoms. The molecule has 21 heavy (non-hydrogen) atoms. The summed E-state index contributed by atoms with van der Waals surface area (Å²) in [5.74, 6) is -0.516. The molecule has 1 rings (SSSR count). The number of benzene rings is 1. The van der Waals surface area contributed by atoms with E-state index in [1.54, 1.807) is 24.3 Å². The number of hydrogen-bond acceptors (Lipinski definition) is 4. The molecule has 0 radical (unpaired) electrons. The molecule has 118 valence electrons. The fourth-order valence-corrected chi connectivity index (χ4v) is 2.05. The lowest BCUT2D eigenvalue weighted by atomic mass is 10.2. The van der Waals surface area contributed by atoms with Crippen molar-refractivity contribution in [1.29, 1.82) is 0 Å². The van der Waals surface area contributed by atoms with Crippen LogP contribution in [0.4, 0.5) is 0 Å². The quantitative estimate of drug-likeness (QED) is 0.715. The topological polar surface area (TPSA) is 53.0 Å². The Morgan fingerprint density at radius 2 is 1.86 bits per heavy atom. The van der Waals surface area contributed by atoms with Gasteiger partial charge in [-0.2, -0.15) is 0 Å². The van der Waals surface area contributed by atoms with E-state index in [9.17, 15) is 4.79 Å². The third-order valence-corrected chi connectivity index (χ3v) is 3.19. The lowest BCUT2D eigenvalue weighted by molar-refractivity contribution is 0.0691. The van der Waals surface area contributed by atoms with Gasteiger partial charge in [-0.05, 0) is 39.2 Å². The Morgan fingerprint density at radius 3 is 2.48 bits per heavy atom. The first-order valence-corrected chi connectivity index (χ1v) is 7.36. The average molecular weight is 294 g/mol. The molecule has 0 unspecified atom stereocenters. The standard InChI is InChI=1S/C16H26N2O3/c1-4-9-18(11-10-17(2)3)12-13-21-15-8-6-5-7-14(15)16(19)20/h5-8H,4,9-13H2,1-3H3,(H,19,20). The van der Waals surface area contributed by atoms with Crippen LogP contribution in [0.5, 0.6) is 5.75 Å². The van der Waals surface area contributed by atoms with Gasteiger partial charge in [-0.3, -0.25) is 4.90 Å². The molecule has 5 nitrogen and oxygen atoms in total. The number of aromatic carboxylic acids is 1. The van der Waals surface area contributed by atoms with Crippen molar-refractivity contribution in [3.63, 3.8) is 0 Å². The van der Waals surface area contributed by atoms with Crippen molar-refractivity contribution in [1.82, 2.24) is 9.80 Å². The maximum Gasteiger partial charge on any atom is 0.339 e. The van der Waals surface area contributed by atoms with E-state index in [0.29, 0.717) is 12.4 Å². The highest BCUT2D eigenvalue weighted by Gasteiger charge is 2.11. The van der Waals surface area contributed by atoms with Crippen LogP contribution in [-0.4, -0.2) is 67.8 Å². The summed E-state index contributed by atoms with van der Waals surface area (Å²) in [7, 11) is 4.12. The number of hydrogen-bond donors (Lipinski definition) is 1. The number of para-hydroxylation sites is 1. The highest BCUT2D eigenvalue weighted by Crippen LogP contribution is 2.17. The molecule has 0 fully saturated rings. The van der Waals surface area contributed by atoms with Crippen LogP contribution in [0.15, 0.2) is 24.3 Å². The maximum absolute atomic E-state index is 11.1. The minimum Gasteiger partial charge on any atom is -0.491 e. The third kappa shape index (κ3) is 6.60. The van der Waals surface area contributed by atoms with Crippen LogP contribution in [0.1, 0.15) is 23.7 Å². The van der Waals surface area contributed by atoms with Crippen molar-refractivity contribution >= 4 is 5.97 Å². The van der Waals surface area contributed by atoms with Gasteiger partial charge in [-0.25, -0.2) is 4.79 Å². The van der Waals surface area contributed by atoms with Crippen LogP contribution in [0.2, 0.25) is 0 Å². The molecule has 0 amide bonds. The van der Waals surface area contributed by atoms with Crippen LogP contribution in [-0.2, 0) is 0 Å². The van der Waals surface area contributed by atoms with Gasteiger partial charge in [0.2, 0.25) is 0 Å².